The Morgan fingerprint density at radius 3 is 2.54 bits per heavy atom. The van der Waals surface area contributed by atoms with Crippen LogP contribution in [-0.4, -0.2) is 75.1 Å². The van der Waals surface area contributed by atoms with Crippen LogP contribution in [-0.2, 0) is 4.74 Å². The topological polar surface area (TPSA) is 120 Å². The SMILES string of the molecule is COC(=O)c1ccc2c(C(=Nc3ccc4c(ccn4C(=O)CN4CCC(O)CC4)c3)c3ccccc3)c(O)[nH]c2c1. The average Bonchev–Trinajstić information content (AvgIpc) is 3.56. The number of aromatic hydroxyl groups is 1. The summed E-state index contributed by atoms with van der Waals surface area (Å²) in [4.78, 5) is 35.2. The van der Waals surface area contributed by atoms with E-state index in [1.807, 2.05) is 54.6 Å². The second-order valence-corrected chi connectivity index (χ2v) is 10.3. The second kappa shape index (κ2) is 11.0. The molecule has 1 aliphatic rings. The van der Waals surface area contributed by atoms with Gasteiger partial charge in [0.2, 0.25) is 5.91 Å². The van der Waals surface area contributed by atoms with Gasteiger partial charge in [-0.25, -0.2) is 9.79 Å². The van der Waals surface area contributed by atoms with Gasteiger partial charge in [-0.05, 0) is 49.2 Å². The number of rotatable bonds is 6. The van der Waals surface area contributed by atoms with E-state index in [0.29, 0.717) is 65.9 Å². The number of fused-ring (bicyclic) bond motifs is 2. The van der Waals surface area contributed by atoms with Gasteiger partial charge in [0.25, 0.3) is 0 Å². The molecule has 0 spiro atoms. The lowest BCUT2D eigenvalue weighted by molar-refractivity contribution is 0.0600. The first kappa shape index (κ1) is 26.5. The highest BCUT2D eigenvalue weighted by molar-refractivity contribution is 6.22. The molecule has 3 aromatic carbocycles. The van der Waals surface area contributed by atoms with Gasteiger partial charge in [0, 0.05) is 41.1 Å². The molecule has 1 saturated heterocycles. The van der Waals surface area contributed by atoms with Crippen molar-refractivity contribution in [2.24, 2.45) is 4.99 Å². The van der Waals surface area contributed by atoms with E-state index in [1.165, 1.54) is 7.11 Å². The van der Waals surface area contributed by atoms with Gasteiger partial charge in [-0.2, -0.15) is 0 Å². The number of aliphatic imine (C=N–C) groups is 1. The maximum absolute atomic E-state index is 13.1. The zero-order chi connectivity index (χ0) is 28.5. The van der Waals surface area contributed by atoms with Crippen molar-refractivity contribution in [1.82, 2.24) is 14.5 Å². The van der Waals surface area contributed by atoms with Crippen LogP contribution >= 0.6 is 0 Å². The molecule has 2 aromatic heterocycles. The van der Waals surface area contributed by atoms with E-state index >= 15 is 0 Å². The second-order valence-electron chi connectivity index (χ2n) is 10.3. The molecule has 6 rings (SSSR count). The molecular formula is C32H30N4O5. The summed E-state index contributed by atoms with van der Waals surface area (Å²) in [7, 11) is 1.33. The first-order chi connectivity index (χ1) is 19.9. The number of hydrogen-bond donors (Lipinski definition) is 3. The maximum Gasteiger partial charge on any atom is 0.337 e. The summed E-state index contributed by atoms with van der Waals surface area (Å²) < 4.78 is 6.50. The Morgan fingerprint density at radius 1 is 1.00 bits per heavy atom. The Morgan fingerprint density at radius 2 is 1.78 bits per heavy atom. The van der Waals surface area contributed by atoms with Crippen LogP contribution < -0.4 is 0 Å². The monoisotopic (exact) mass is 550 g/mol. The summed E-state index contributed by atoms with van der Waals surface area (Å²) in [5.41, 5.74) is 4.28. The van der Waals surface area contributed by atoms with Gasteiger partial charge in [0.15, 0.2) is 5.88 Å². The number of aromatic nitrogens is 2. The number of ether oxygens (including phenoxy) is 1. The Balaban J connectivity index is 1.37. The fourth-order valence-corrected chi connectivity index (χ4v) is 5.42. The number of esters is 1. The van der Waals surface area contributed by atoms with Gasteiger partial charge in [-0.15, -0.1) is 0 Å². The molecule has 0 amide bonds. The number of carbonyl (C=O) groups is 2. The van der Waals surface area contributed by atoms with E-state index in [9.17, 15) is 19.8 Å². The molecule has 0 aliphatic carbocycles. The number of hydrogen-bond acceptors (Lipinski definition) is 7. The normalized spacial score (nSPS) is 15.0. The third-order valence-electron chi connectivity index (χ3n) is 7.58. The molecule has 9 heteroatoms. The quantitative estimate of drug-likeness (QED) is 0.205. The first-order valence-corrected chi connectivity index (χ1v) is 13.5. The molecule has 1 fully saturated rings. The van der Waals surface area contributed by atoms with Crippen molar-refractivity contribution < 1.29 is 24.5 Å². The average molecular weight is 551 g/mol. The fraction of sp³-hybridized carbons (Fsp3) is 0.219. The van der Waals surface area contributed by atoms with E-state index in [0.717, 1.165) is 16.5 Å². The molecular weight excluding hydrogens is 520 g/mol. The number of aromatic amines is 1. The van der Waals surface area contributed by atoms with Crippen LogP contribution in [0.25, 0.3) is 21.8 Å². The Hall–Kier alpha value is -4.73. The van der Waals surface area contributed by atoms with Crippen molar-refractivity contribution in [2.45, 2.75) is 18.9 Å². The van der Waals surface area contributed by atoms with E-state index in [-0.39, 0.29) is 17.9 Å². The molecule has 41 heavy (non-hydrogen) atoms. The van der Waals surface area contributed by atoms with E-state index in [1.54, 1.807) is 29.0 Å². The zero-order valence-corrected chi connectivity index (χ0v) is 22.6. The predicted molar refractivity (Wildman–Crippen MR) is 157 cm³/mol. The molecule has 3 heterocycles. The highest BCUT2D eigenvalue weighted by atomic mass is 16.5. The van der Waals surface area contributed by atoms with Crippen LogP contribution in [0.4, 0.5) is 5.69 Å². The van der Waals surface area contributed by atoms with E-state index < -0.39 is 5.97 Å². The number of aliphatic hydroxyl groups excluding tert-OH is 1. The van der Waals surface area contributed by atoms with Crippen LogP contribution in [0.2, 0.25) is 0 Å². The van der Waals surface area contributed by atoms with Crippen LogP contribution in [0.15, 0.2) is 84.0 Å². The highest BCUT2D eigenvalue weighted by Gasteiger charge is 2.22. The number of methoxy groups -OCH3 is 1. The largest absolute Gasteiger partial charge is 0.494 e. The van der Waals surface area contributed by atoms with Gasteiger partial charge < -0.3 is 19.9 Å². The standard InChI is InChI=1S/C32H30N4O5/c1-41-32(40)22-7-9-25-26(18-22)34-31(39)29(25)30(20-5-3-2-4-6-20)33-23-8-10-27-21(17-23)11-16-36(27)28(38)19-35-14-12-24(37)13-15-35/h2-11,16-18,24,34,37,39H,12-15,19H2,1H3. The van der Waals surface area contributed by atoms with E-state index in [4.69, 9.17) is 9.73 Å². The minimum atomic E-state index is -0.465. The first-order valence-electron chi connectivity index (χ1n) is 13.5. The molecule has 0 radical (unpaired) electrons. The van der Waals surface area contributed by atoms with Crippen molar-refractivity contribution in [2.75, 3.05) is 26.7 Å². The van der Waals surface area contributed by atoms with Gasteiger partial charge >= 0.3 is 5.97 Å². The van der Waals surface area contributed by atoms with Gasteiger partial charge in [0.1, 0.15) is 0 Å². The highest BCUT2D eigenvalue weighted by Crippen LogP contribution is 2.33. The van der Waals surface area contributed by atoms with Crippen molar-refractivity contribution in [1.29, 1.82) is 0 Å². The molecule has 1 aliphatic heterocycles. The number of benzene rings is 3. The Kier molecular flexibility index (Phi) is 7.13. The fourth-order valence-electron chi connectivity index (χ4n) is 5.42. The lowest BCUT2D eigenvalue weighted by atomic mass is 10.00. The molecule has 5 aromatic rings. The Labute approximate surface area is 236 Å². The summed E-state index contributed by atoms with van der Waals surface area (Å²) in [5.74, 6) is -0.548. The summed E-state index contributed by atoms with van der Waals surface area (Å²) in [6.45, 7) is 1.71. The molecule has 0 unspecified atom stereocenters. The smallest absolute Gasteiger partial charge is 0.337 e. The van der Waals surface area contributed by atoms with Gasteiger partial charge in [0.05, 0.1) is 47.8 Å². The van der Waals surface area contributed by atoms with Crippen LogP contribution in [0.5, 0.6) is 5.88 Å². The van der Waals surface area contributed by atoms with E-state index in [2.05, 4.69) is 9.88 Å². The van der Waals surface area contributed by atoms with Crippen molar-refractivity contribution >= 4 is 45.1 Å². The summed E-state index contributed by atoms with van der Waals surface area (Å²) >= 11 is 0. The van der Waals surface area contributed by atoms with Crippen LogP contribution in [0.1, 0.15) is 39.1 Å². The minimum absolute atomic E-state index is 0.0207. The number of likely N-dealkylation sites (tertiary alicyclic amines) is 1. The molecule has 9 nitrogen and oxygen atoms in total. The number of carbonyl (C=O) groups excluding carboxylic acids is 2. The third-order valence-corrected chi connectivity index (χ3v) is 7.58. The third kappa shape index (κ3) is 5.25. The number of H-pyrrole nitrogens is 1. The molecule has 0 bridgehead atoms. The molecule has 208 valence electrons. The summed E-state index contributed by atoms with van der Waals surface area (Å²) in [6, 6.07) is 22.2. The molecule has 3 N–H and O–H groups in total. The maximum atomic E-state index is 13.1. The van der Waals surface area contributed by atoms with Crippen LogP contribution in [0, 0.1) is 0 Å². The zero-order valence-electron chi connectivity index (χ0n) is 22.6. The van der Waals surface area contributed by atoms with Crippen molar-refractivity contribution in [3.63, 3.8) is 0 Å². The number of piperidine rings is 1. The van der Waals surface area contributed by atoms with Gasteiger partial charge in [-0.3, -0.25) is 14.3 Å². The lowest BCUT2D eigenvalue weighted by Crippen LogP contribution is -2.40. The number of aliphatic hydroxyl groups is 1. The molecule has 0 saturated carbocycles. The number of nitrogens with zero attached hydrogens (tertiary/aromatic N) is 3. The summed E-state index contributed by atoms with van der Waals surface area (Å²) in [5, 5.41) is 22.3. The summed E-state index contributed by atoms with van der Waals surface area (Å²) in [6.07, 6.45) is 2.87. The predicted octanol–water partition coefficient (Wildman–Crippen LogP) is 4.88. The molecule has 0 atom stereocenters. The Bertz CT molecular complexity index is 1780. The van der Waals surface area contributed by atoms with Crippen molar-refractivity contribution in [3.05, 3.63) is 95.7 Å². The van der Waals surface area contributed by atoms with Crippen LogP contribution in [0.3, 0.4) is 0 Å². The van der Waals surface area contributed by atoms with Crippen molar-refractivity contribution in [3.8, 4) is 5.88 Å². The number of nitrogens with one attached hydrogen (secondary N) is 1. The lowest BCUT2D eigenvalue weighted by Gasteiger charge is -2.28. The minimum Gasteiger partial charge on any atom is -0.494 e. The van der Waals surface area contributed by atoms with Gasteiger partial charge in [-0.1, -0.05) is 36.4 Å².